The highest BCUT2D eigenvalue weighted by Crippen LogP contribution is 2.38. The molecule has 8 heteroatoms. The smallest absolute Gasteiger partial charge is 0.328 e. The maximum Gasteiger partial charge on any atom is 0.328 e. The first-order valence-electron chi connectivity index (χ1n) is 10.7. The number of rotatable bonds is 8. The lowest BCUT2D eigenvalue weighted by molar-refractivity contribution is -0.146. The van der Waals surface area contributed by atoms with E-state index in [4.69, 9.17) is 4.74 Å². The Bertz CT molecular complexity index is 1050. The predicted molar refractivity (Wildman–Crippen MR) is 121 cm³/mol. The summed E-state index contributed by atoms with van der Waals surface area (Å²) >= 11 is 0. The molecule has 1 amide bonds. The number of methoxy groups -OCH3 is 1. The van der Waals surface area contributed by atoms with Gasteiger partial charge in [-0.3, -0.25) is 4.79 Å². The Kier molecular flexibility index (Phi) is 7.36. The summed E-state index contributed by atoms with van der Waals surface area (Å²) < 4.78 is 32.8. The van der Waals surface area contributed by atoms with Gasteiger partial charge < -0.3 is 10.1 Å². The van der Waals surface area contributed by atoms with Gasteiger partial charge in [0.1, 0.15) is 11.6 Å². The highest BCUT2D eigenvalue weighted by molar-refractivity contribution is 7.89. The first-order chi connectivity index (χ1) is 15.2. The molecule has 2 aromatic rings. The molecule has 3 rings (SSSR count). The summed E-state index contributed by atoms with van der Waals surface area (Å²) in [7, 11) is -1.19. The lowest BCUT2D eigenvalue weighted by atomic mass is 9.95. The van der Waals surface area contributed by atoms with Crippen LogP contribution in [0.15, 0.2) is 59.5 Å². The van der Waals surface area contributed by atoms with E-state index in [1.54, 1.807) is 24.3 Å². The topological polar surface area (TPSA) is 92.8 Å². The molecule has 32 heavy (non-hydrogen) atoms. The number of carbonyl (C=O) groups excluding carboxylic acids is 2. The third kappa shape index (κ3) is 4.86. The molecule has 172 valence electrons. The number of carbonyl (C=O) groups is 2. The van der Waals surface area contributed by atoms with Crippen LogP contribution in [0.4, 0.5) is 0 Å². The Morgan fingerprint density at radius 3 is 2.22 bits per heavy atom. The molecule has 0 bridgehead atoms. The number of likely N-dealkylation sites (N-methyl/N-ethyl adjacent to an activating group) is 1. The lowest BCUT2D eigenvalue weighted by Gasteiger charge is -2.37. The molecule has 2 aromatic carbocycles. The van der Waals surface area contributed by atoms with Gasteiger partial charge in [0.15, 0.2) is 0 Å². The zero-order valence-corrected chi connectivity index (χ0v) is 19.5. The molecule has 0 unspecified atom stereocenters. The summed E-state index contributed by atoms with van der Waals surface area (Å²) in [6.45, 7) is 1.88. The van der Waals surface area contributed by atoms with E-state index in [2.05, 4.69) is 5.32 Å². The number of benzene rings is 2. The molecule has 0 saturated heterocycles. The van der Waals surface area contributed by atoms with E-state index in [1.165, 1.54) is 18.5 Å². The van der Waals surface area contributed by atoms with E-state index in [9.17, 15) is 18.0 Å². The van der Waals surface area contributed by atoms with Crippen molar-refractivity contribution in [3.8, 4) is 0 Å². The molecule has 0 spiro atoms. The van der Waals surface area contributed by atoms with Crippen molar-refractivity contribution in [2.75, 3.05) is 14.2 Å². The van der Waals surface area contributed by atoms with E-state index in [0.29, 0.717) is 12.8 Å². The maximum atomic E-state index is 13.5. The Balaban J connectivity index is 1.89. The van der Waals surface area contributed by atoms with Crippen LogP contribution < -0.4 is 5.32 Å². The quantitative estimate of drug-likeness (QED) is 0.614. The van der Waals surface area contributed by atoms with Crippen LogP contribution in [0.5, 0.6) is 0 Å². The fourth-order valence-electron chi connectivity index (χ4n) is 4.22. The maximum absolute atomic E-state index is 13.5. The minimum Gasteiger partial charge on any atom is -0.467 e. The second-order valence-corrected chi connectivity index (χ2v) is 10.2. The Morgan fingerprint density at radius 1 is 1.06 bits per heavy atom. The molecule has 1 fully saturated rings. The van der Waals surface area contributed by atoms with Crippen LogP contribution in [0.3, 0.4) is 0 Å². The molecule has 1 saturated carbocycles. The van der Waals surface area contributed by atoms with E-state index in [-0.39, 0.29) is 11.3 Å². The fraction of sp³-hybridized carbons (Fsp3) is 0.417. The molecule has 0 radical (unpaired) electrons. The molecule has 1 N–H and O–H groups in total. The summed E-state index contributed by atoms with van der Waals surface area (Å²) in [5.41, 5.74) is 0.554. The average Bonchev–Trinajstić information content (AvgIpc) is 3.29. The normalized spacial score (nSPS) is 16.5. The highest BCUT2D eigenvalue weighted by Gasteiger charge is 2.50. The van der Waals surface area contributed by atoms with Crippen molar-refractivity contribution in [2.24, 2.45) is 0 Å². The third-order valence-electron chi connectivity index (χ3n) is 6.21. The average molecular weight is 459 g/mol. The Morgan fingerprint density at radius 2 is 1.66 bits per heavy atom. The zero-order valence-electron chi connectivity index (χ0n) is 18.7. The van der Waals surface area contributed by atoms with Crippen molar-refractivity contribution >= 4 is 21.9 Å². The van der Waals surface area contributed by atoms with Crippen LogP contribution >= 0.6 is 0 Å². The first kappa shape index (κ1) is 23.9. The van der Waals surface area contributed by atoms with Gasteiger partial charge in [0.2, 0.25) is 15.9 Å². The molecule has 7 nitrogen and oxygen atoms in total. The molecule has 1 atom stereocenters. The zero-order chi connectivity index (χ0) is 23.4. The highest BCUT2D eigenvalue weighted by atomic mass is 32.2. The van der Waals surface area contributed by atoms with E-state index in [0.717, 1.165) is 24.0 Å². The Hall–Kier alpha value is -2.71. The minimum absolute atomic E-state index is 0.137. The van der Waals surface area contributed by atoms with Crippen LogP contribution in [0, 0.1) is 6.92 Å². The number of nitrogens with one attached hydrogen (secondary N) is 1. The number of amides is 1. The molecule has 1 aliphatic carbocycles. The van der Waals surface area contributed by atoms with Gasteiger partial charge in [-0.1, -0.05) is 60.9 Å². The molecular formula is C24H30N2O5S. The van der Waals surface area contributed by atoms with Crippen molar-refractivity contribution in [3.05, 3.63) is 65.7 Å². The van der Waals surface area contributed by atoms with Gasteiger partial charge in [-0.2, -0.15) is 4.31 Å². The van der Waals surface area contributed by atoms with E-state index < -0.39 is 33.5 Å². The van der Waals surface area contributed by atoms with Crippen LogP contribution in [0.25, 0.3) is 0 Å². The number of nitrogens with zero attached hydrogens (tertiary/aromatic N) is 1. The Labute approximate surface area is 189 Å². The van der Waals surface area contributed by atoms with Gasteiger partial charge in [0.05, 0.1) is 12.0 Å². The number of esters is 1. The lowest BCUT2D eigenvalue weighted by Crippen LogP contribution is -2.60. The second-order valence-electron chi connectivity index (χ2n) is 8.26. The van der Waals surface area contributed by atoms with Gasteiger partial charge in [0.25, 0.3) is 0 Å². The van der Waals surface area contributed by atoms with E-state index in [1.807, 2.05) is 37.3 Å². The largest absolute Gasteiger partial charge is 0.467 e. The third-order valence-corrected chi connectivity index (χ3v) is 8.15. The van der Waals surface area contributed by atoms with Gasteiger partial charge in [0, 0.05) is 13.5 Å². The van der Waals surface area contributed by atoms with Crippen molar-refractivity contribution in [3.63, 3.8) is 0 Å². The number of sulfonamides is 1. The summed E-state index contributed by atoms with van der Waals surface area (Å²) in [5, 5.41) is 2.79. The van der Waals surface area contributed by atoms with Gasteiger partial charge in [-0.05, 0) is 37.5 Å². The minimum atomic E-state index is -3.91. The van der Waals surface area contributed by atoms with Crippen LogP contribution in [-0.4, -0.2) is 50.3 Å². The van der Waals surface area contributed by atoms with Gasteiger partial charge in [-0.15, -0.1) is 0 Å². The van der Waals surface area contributed by atoms with Crippen LogP contribution in [0.2, 0.25) is 0 Å². The molecule has 0 aromatic heterocycles. The van der Waals surface area contributed by atoms with Crippen molar-refractivity contribution in [1.82, 2.24) is 9.62 Å². The van der Waals surface area contributed by atoms with Gasteiger partial charge in [-0.25, -0.2) is 13.2 Å². The summed E-state index contributed by atoms with van der Waals surface area (Å²) in [5.74, 6) is -1.04. The SMILES string of the molecule is COC(=O)[C@@H](Cc1ccccc1)NC(=O)C1(N(C)S(=O)(=O)c2ccc(C)cc2)CCCC1. The first-order valence-corrected chi connectivity index (χ1v) is 12.1. The number of ether oxygens (including phenoxy) is 1. The molecular weight excluding hydrogens is 428 g/mol. The van der Waals surface area contributed by atoms with Crippen LogP contribution in [0.1, 0.15) is 36.8 Å². The standard InChI is InChI=1S/C24H30N2O5S/c1-18-11-13-20(14-12-18)32(29,30)26(2)24(15-7-8-16-24)23(28)25-21(22(27)31-3)17-19-9-5-4-6-10-19/h4-6,9-14,21H,7-8,15-17H2,1-3H3,(H,25,28)/t21-/m1/s1. The molecule has 0 aliphatic heterocycles. The van der Waals surface area contributed by atoms with Gasteiger partial charge >= 0.3 is 5.97 Å². The monoisotopic (exact) mass is 458 g/mol. The summed E-state index contributed by atoms with van der Waals surface area (Å²) in [6, 6.07) is 14.9. The molecule has 0 heterocycles. The second kappa shape index (κ2) is 9.83. The van der Waals surface area contributed by atoms with Crippen LogP contribution in [-0.2, 0) is 30.8 Å². The number of hydrogen-bond donors (Lipinski definition) is 1. The molecule has 1 aliphatic rings. The summed E-state index contributed by atoms with van der Waals surface area (Å²) in [4.78, 5) is 26.1. The summed E-state index contributed by atoms with van der Waals surface area (Å²) in [6.07, 6.45) is 2.48. The van der Waals surface area contributed by atoms with Crippen molar-refractivity contribution in [1.29, 1.82) is 0 Å². The number of hydrogen-bond acceptors (Lipinski definition) is 5. The van der Waals surface area contributed by atoms with Crippen molar-refractivity contribution < 1.29 is 22.7 Å². The fourth-order valence-corrected chi connectivity index (χ4v) is 5.74. The number of aryl methyl sites for hydroxylation is 1. The van der Waals surface area contributed by atoms with Crippen molar-refractivity contribution in [2.45, 2.75) is 55.5 Å². The predicted octanol–water partition coefficient (Wildman–Crippen LogP) is 2.83. The van der Waals surface area contributed by atoms with E-state index >= 15 is 0 Å².